The summed E-state index contributed by atoms with van der Waals surface area (Å²) in [7, 11) is 2.03. The summed E-state index contributed by atoms with van der Waals surface area (Å²) in [5, 5.41) is 3.26. The van der Waals surface area contributed by atoms with Crippen molar-refractivity contribution in [2.24, 2.45) is 5.92 Å². The third-order valence-electron chi connectivity index (χ3n) is 3.09. The lowest BCUT2D eigenvalue weighted by molar-refractivity contribution is 0.373. The van der Waals surface area contributed by atoms with Gasteiger partial charge in [0.15, 0.2) is 0 Å². The van der Waals surface area contributed by atoms with Gasteiger partial charge >= 0.3 is 0 Å². The summed E-state index contributed by atoms with van der Waals surface area (Å²) in [6.45, 7) is 4.47. The summed E-state index contributed by atoms with van der Waals surface area (Å²) in [6, 6.07) is 0. The molecule has 0 aliphatic carbocycles. The predicted molar refractivity (Wildman–Crippen MR) is 57.3 cm³/mol. The summed E-state index contributed by atoms with van der Waals surface area (Å²) in [5.74, 6) is 2.05. The number of nitrogens with one attached hydrogen (secondary N) is 1. The Bertz CT molecular complexity index is 303. The van der Waals surface area contributed by atoms with E-state index in [1.165, 1.54) is 24.4 Å². The van der Waals surface area contributed by atoms with Gasteiger partial charge in [0.2, 0.25) is 0 Å². The molecule has 1 atom stereocenters. The van der Waals surface area contributed by atoms with Gasteiger partial charge in [-0.2, -0.15) is 0 Å². The molecule has 2 rings (SSSR count). The lowest BCUT2D eigenvalue weighted by Gasteiger charge is -2.24. The zero-order chi connectivity index (χ0) is 9.97. The van der Waals surface area contributed by atoms with Gasteiger partial charge in [0.05, 0.1) is 0 Å². The van der Waals surface area contributed by atoms with Gasteiger partial charge in [-0.3, -0.25) is 0 Å². The van der Waals surface area contributed by atoms with Gasteiger partial charge in [-0.1, -0.05) is 6.92 Å². The first kappa shape index (κ1) is 9.71. The van der Waals surface area contributed by atoms with Crippen molar-refractivity contribution in [3.8, 4) is 0 Å². The van der Waals surface area contributed by atoms with Crippen LogP contribution in [0.15, 0.2) is 6.20 Å². The highest BCUT2D eigenvalue weighted by molar-refractivity contribution is 5.09. The summed E-state index contributed by atoms with van der Waals surface area (Å²) in [4.78, 5) is 4.45. The first-order valence-corrected chi connectivity index (χ1v) is 5.53. The lowest BCUT2D eigenvalue weighted by atomic mass is 9.96. The highest BCUT2D eigenvalue weighted by Gasteiger charge is 2.19. The molecule has 0 bridgehead atoms. The fourth-order valence-corrected chi connectivity index (χ4v) is 2.34. The van der Waals surface area contributed by atoms with Gasteiger partial charge in [0.1, 0.15) is 5.82 Å². The van der Waals surface area contributed by atoms with E-state index in [9.17, 15) is 0 Å². The van der Waals surface area contributed by atoms with E-state index in [1.807, 2.05) is 7.05 Å². The van der Waals surface area contributed by atoms with Crippen LogP contribution in [0.2, 0.25) is 0 Å². The van der Waals surface area contributed by atoms with Crippen LogP contribution in [-0.4, -0.2) is 23.1 Å². The minimum Gasteiger partial charge on any atom is -0.332 e. The van der Waals surface area contributed by atoms with Crippen LogP contribution in [0.3, 0.4) is 0 Å². The second kappa shape index (κ2) is 4.13. The highest BCUT2D eigenvalue weighted by atomic mass is 15.1. The molecule has 78 valence electrons. The maximum atomic E-state index is 4.45. The maximum absolute atomic E-state index is 4.45. The van der Waals surface area contributed by atoms with E-state index in [1.54, 1.807) is 0 Å². The van der Waals surface area contributed by atoms with Crippen molar-refractivity contribution >= 4 is 0 Å². The van der Waals surface area contributed by atoms with Crippen molar-refractivity contribution in [3.05, 3.63) is 17.7 Å². The van der Waals surface area contributed by atoms with Crippen molar-refractivity contribution in [2.75, 3.05) is 13.6 Å². The third-order valence-corrected chi connectivity index (χ3v) is 3.09. The molecule has 0 amide bonds. The van der Waals surface area contributed by atoms with Gasteiger partial charge in [-0.25, -0.2) is 4.98 Å². The Kier molecular flexibility index (Phi) is 2.87. The van der Waals surface area contributed by atoms with E-state index in [0.29, 0.717) is 0 Å². The Morgan fingerprint density at radius 2 is 2.50 bits per heavy atom. The first-order valence-electron chi connectivity index (χ1n) is 5.53. The molecular weight excluding hydrogens is 174 g/mol. The molecule has 0 aromatic carbocycles. The van der Waals surface area contributed by atoms with Crippen molar-refractivity contribution < 1.29 is 0 Å². The first-order chi connectivity index (χ1) is 6.85. The summed E-state index contributed by atoms with van der Waals surface area (Å²) in [5.41, 5.74) is 1.42. The van der Waals surface area contributed by atoms with Crippen molar-refractivity contribution in [2.45, 2.75) is 32.7 Å². The quantitative estimate of drug-likeness (QED) is 0.782. The lowest BCUT2D eigenvalue weighted by Crippen LogP contribution is -2.27. The number of nitrogens with zero attached hydrogens (tertiary/aromatic N) is 2. The largest absolute Gasteiger partial charge is 0.332 e. The van der Waals surface area contributed by atoms with Crippen LogP contribution >= 0.6 is 0 Å². The average Bonchev–Trinajstić information content (AvgIpc) is 2.60. The van der Waals surface area contributed by atoms with E-state index in [4.69, 9.17) is 0 Å². The Balaban J connectivity index is 2.12. The van der Waals surface area contributed by atoms with Gasteiger partial charge in [-0.15, -0.1) is 0 Å². The maximum Gasteiger partial charge on any atom is 0.108 e. The molecule has 1 aliphatic heterocycles. The molecule has 0 spiro atoms. The molecular formula is C11H19N3. The third kappa shape index (κ3) is 1.69. The summed E-state index contributed by atoms with van der Waals surface area (Å²) >= 11 is 0. The van der Waals surface area contributed by atoms with Crippen LogP contribution < -0.4 is 5.32 Å². The van der Waals surface area contributed by atoms with Crippen molar-refractivity contribution in [3.63, 3.8) is 0 Å². The predicted octanol–water partition coefficient (Wildman–Crippen LogP) is 1.23. The van der Waals surface area contributed by atoms with Crippen LogP contribution in [0.5, 0.6) is 0 Å². The molecule has 0 saturated heterocycles. The van der Waals surface area contributed by atoms with Gasteiger partial charge in [0.25, 0.3) is 0 Å². The molecule has 1 aromatic heterocycles. The molecule has 1 unspecified atom stereocenters. The van der Waals surface area contributed by atoms with Gasteiger partial charge < -0.3 is 9.88 Å². The fraction of sp³-hybridized carbons (Fsp3) is 0.727. The number of rotatable bonds is 3. The molecule has 3 heteroatoms. The molecule has 3 nitrogen and oxygen atoms in total. The van der Waals surface area contributed by atoms with Crippen LogP contribution in [0.1, 0.15) is 24.9 Å². The van der Waals surface area contributed by atoms with E-state index in [0.717, 1.165) is 25.4 Å². The zero-order valence-electron chi connectivity index (χ0n) is 9.08. The molecule has 0 fully saturated rings. The van der Waals surface area contributed by atoms with E-state index >= 15 is 0 Å². The monoisotopic (exact) mass is 193 g/mol. The number of hydrogen-bond donors (Lipinski definition) is 1. The topological polar surface area (TPSA) is 29.9 Å². The molecule has 0 radical (unpaired) electrons. The Morgan fingerprint density at radius 3 is 3.21 bits per heavy atom. The van der Waals surface area contributed by atoms with Gasteiger partial charge in [0, 0.05) is 24.9 Å². The minimum atomic E-state index is 0.800. The van der Waals surface area contributed by atoms with Crippen LogP contribution in [0, 0.1) is 5.92 Å². The number of hydrogen-bond acceptors (Lipinski definition) is 2. The highest BCUT2D eigenvalue weighted by Crippen LogP contribution is 2.21. The van der Waals surface area contributed by atoms with Gasteiger partial charge in [-0.05, 0) is 32.4 Å². The molecule has 14 heavy (non-hydrogen) atoms. The number of aromatic nitrogens is 2. The summed E-state index contributed by atoms with van der Waals surface area (Å²) in [6.07, 6.45) is 5.59. The standard InChI is InChI=1S/C11H19N3/c1-3-11-13-8-10-6-9(7-12-2)4-5-14(10)11/h8-9,12H,3-7H2,1-2H3. The molecule has 1 aliphatic rings. The fourth-order valence-electron chi connectivity index (χ4n) is 2.34. The second-order valence-electron chi connectivity index (χ2n) is 4.09. The molecule has 1 aromatic rings. The average molecular weight is 193 g/mol. The normalized spacial score (nSPS) is 20.9. The smallest absolute Gasteiger partial charge is 0.108 e. The van der Waals surface area contributed by atoms with Crippen LogP contribution in [-0.2, 0) is 19.4 Å². The summed E-state index contributed by atoms with van der Waals surface area (Å²) < 4.78 is 2.40. The Morgan fingerprint density at radius 1 is 1.64 bits per heavy atom. The zero-order valence-corrected chi connectivity index (χ0v) is 9.08. The second-order valence-corrected chi connectivity index (χ2v) is 4.09. The number of aryl methyl sites for hydroxylation is 1. The van der Waals surface area contributed by atoms with E-state index in [-0.39, 0.29) is 0 Å². The minimum absolute atomic E-state index is 0.800. The molecule has 0 saturated carbocycles. The number of imidazole rings is 1. The SMILES string of the molecule is CCc1ncc2n1CCC(CNC)C2. The van der Waals surface area contributed by atoms with E-state index in [2.05, 4.69) is 28.0 Å². The molecule has 1 N–H and O–H groups in total. The van der Waals surface area contributed by atoms with E-state index < -0.39 is 0 Å². The number of fused-ring (bicyclic) bond motifs is 1. The van der Waals surface area contributed by atoms with Crippen LogP contribution in [0.25, 0.3) is 0 Å². The Labute approximate surface area is 85.5 Å². The Hall–Kier alpha value is -0.830. The van der Waals surface area contributed by atoms with Crippen molar-refractivity contribution in [1.29, 1.82) is 0 Å². The van der Waals surface area contributed by atoms with Crippen molar-refractivity contribution in [1.82, 2.24) is 14.9 Å². The molecule has 2 heterocycles. The van der Waals surface area contributed by atoms with Crippen LogP contribution in [0.4, 0.5) is 0 Å².